The number of piperidine rings is 1. The van der Waals surface area contributed by atoms with E-state index in [2.05, 4.69) is 21.9 Å². The summed E-state index contributed by atoms with van der Waals surface area (Å²) < 4.78 is 10.6. The van der Waals surface area contributed by atoms with Gasteiger partial charge in [-0.05, 0) is 55.5 Å². The minimum atomic E-state index is 0.0142. The van der Waals surface area contributed by atoms with Crippen molar-refractivity contribution in [1.82, 2.24) is 9.80 Å². The van der Waals surface area contributed by atoms with Gasteiger partial charge in [0.1, 0.15) is 5.75 Å². The molecule has 5 heteroatoms. The number of likely N-dealkylation sites (tertiary alicyclic amines) is 2. The van der Waals surface area contributed by atoms with Gasteiger partial charge in [0.05, 0.1) is 13.4 Å². The zero-order chi connectivity index (χ0) is 18.0. The van der Waals surface area contributed by atoms with E-state index < -0.39 is 0 Å². The summed E-state index contributed by atoms with van der Waals surface area (Å²) in [6.45, 7) is 3.84. The van der Waals surface area contributed by atoms with Crippen LogP contribution in [0.4, 0.5) is 0 Å². The Morgan fingerprint density at radius 2 is 1.88 bits per heavy atom. The summed E-state index contributed by atoms with van der Waals surface area (Å²) in [6, 6.07) is 11.8. The Morgan fingerprint density at radius 1 is 1.12 bits per heavy atom. The molecule has 5 nitrogen and oxygen atoms in total. The molecule has 4 rings (SSSR count). The lowest BCUT2D eigenvalue weighted by Crippen LogP contribution is -2.53. The smallest absolute Gasteiger partial charge is 0.290 e. The molecule has 0 N–H and O–H groups in total. The highest BCUT2D eigenvalue weighted by Crippen LogP contribution is 2.39. The van der Waals surface area contributed by atoms with E-state index >= 15 is 0 Å². The average Bonchev–Trinajstić information content (AvgIpc) is 3.34. The molecule has 2 aromatic rings. The quantitative estimate of drug-likeness (QED) is 0.842. The molecule has 26 heavy (non-hydrogen) atoms. The number of nitrogens with zero attached hydrogens (tertiary/aromatic N) is 2. The fraction of sp³-hybridized carbons (Fsp3) is 0.476. The molecule has 1 aromatic heterocycles. The normalized spacial score (nSPS) is 19.8. The highest BCUT2D eigenvalue weighted by Gasteiger charge is 2.45. The number of furan rings is 1. The monoisotopic (exact) mass is 354 g/mol. The lowest BCUT2D eigenvalue weighted by atomic mass is 9.84. The van der Waals surface area contributed by atoms with Gasteiger partial charge in [-0.1, -0.05) is 12.1 Å². The summed E-state index contributed by atoms with van der Waals surface area (Å²) in [6.07, 6.45) is 5.85. The van der Waals surface area contributed by atoms with Crippen molar-refractivity contribution >= 4 is 5.91 Å². The summed E-state index contributed by atoms with van der Waals surface area (Å²) in [5.74, 6) is 1.41. The van der Waals surface area contributed by atoms with Crippen LogP contribution in [0.1, 0.15) is 41.8 Å². The van der Waals surface area contributed by atoms with Crippen LogP contribution in [0.5, 0.6) is 5.75 Å². The van der Waals surface area contributed by atoms with Crippen molar-refractivity contribution < 1.29 is 13.9 Å². The number of hydrogen-bond acceptors (Lipinski definition) is 4. The summed E-state index contributed by atoms with van der Waals surface area (Å²) >= 11 is 0. The third-order valence-electron chi connectivity index (χ3n) is 5.93. The minimum absolute atomic E-state index is 0.0142. The Balaban J connectivity index is 1.39. The van der Waals surface area contributed by atoms with Gasteiger partial charge in [-0.3, -0.25) is 9.69 Å². The van der Waals surface area contributed by atoms with Crippen molar-refractivity contribution in [2.45, 2.75) is 37.8 Å². The third-order valence-corrected chi connectivity index (χ3v) is 5.93. The van der Waals surface area contributed by atoms with Crippen LogP contribution in [0.25, 0.3) is 0 Å². The van der Waals surface area contributed by atoms with Gasteiger partial charge in [0.2, 0.25) is 0 Å². The molecule has 0 radical (unpaired) electrons. The van der Waals surface area contributed by atoms with E-state index in [1.54, 1.807) is 25.5 Å². The Labute approximate surface area is 154 Å². The van der Waals surface area contributed by atoms with E-state index in [0.29, 0.717) is 5.76 Å². The number of ether oxygens (including phenoxy) is 1. The summed E-state index contributed by atoms with van der Waals surface area (Å²) in [7, 11) is 1.69. The first-order valence-corrected chi connectivity index (χ1v) is 9.41. The second-order valence-corrected chi connectivity index (χ2v) is 7.39. The van der Waals surface area contributed by atoms with Crippen molar-refractivity contribution in [1.29, 1.82) is 0 Å². The lowest BCUT2D eigenvalue weighted by Gasteiger charge is -2.44. The minimum Gasteiger partial charge on any atom is -0.497 e. The molecule has 0 bridgehead atoms. The second kappa shape index (κ2) is 7.16. The lowest BCUT2D eigenvalue weighted by molar-refractivity contribution is 0.0332. The van der Waals surface area contributed by atoms with Gasteiger partial charge in [0, 0.05) is 31.7 Å². The van der Waals surface area contributed by atoms with Crippen molar-refractivity contribution in [2.75, 3.05) is 26.7 Å². The van der Waals surface area contributed by atoms with Gasteiger partial charge in [-0.2, -0.15) is 0 Å². The van der Waals surface area contributed by atoms with Crippen LogP contribution >= 0.6 is 0 Å². The molecule has 0 aliphatic carbocycles. The molecule has 1 spiro atoms. The number of amides is 1. The summed E-state index contributed by atoms with van der Waals surface area (Å²) in [5.41, 5.74) is 1.32. The predicted molar refractivity (Wildman–Crippen MR) is 99.2 cm³/mol. The molecule has 1 amide bonds. The maximum absolute atomic E-state index is 12.8. The molecule has 2 fully saturated rings. The maximum Gasteiger partial charge on any atom is 0.290 e. The van der Waals surface area contributed by atoms with Crippen molar-refractivity contribution in [3.05, 3.63) is 54.0 Å². The van der Waals surface area contributed by atoms with Gasteiger partial charge in [-0.25, -0.2) is 0 Å². The number of rotatable bonds is 4. The van der Waals surface area contributed by atoms with Crippen molar-refractivity contribution in [3.8, 4) is 5.75 Å². The largest absolute Gasteiger partial charge is 0.497 e. The van der Waals surface area contributed by atoms with E-state index in [4.69, 9.17) is 9.15 Å². The summed E-state index contributed by atoms with van der Waals surface area (Å²) in [5, 5.41) is 0. The maximum atomic E-state index is 12.8. The van der Waals surface area contributed by atoms with Gasteiger partial charge in [0.25, 0.3) is 5.91 Å². The average molecular weight is 354 g/mol. The van der Waals surface area contributed by atoms with Crippen LogP contribution in [0.3, 0.4) is 0 Å². The summed E-state index contributed by atoms with van der Waals surface area (Å²) in [4.78, 5) is 17.4. The molecule has 138 valence electrons. The van der Waals surface area contributed by atoms with Gasteiger partial charge in [0.15, 0.2) is 5.76 Å². The van der Waals surface area contributed by atoms with E-state index in [9.17, 15) is 4.79 Å². The Morgan fingerprint density at radius 3 is 2.54 bits per heavy atom. The Hall–Kier alpha value is -2.27. The number of hydrogen-bond donors (Lipinski definition) is 0. The fourth-order valence-electron chi connectivity index (χ4n) is 4.43. The van der Waals surface area contributed by atoms with Crippen LogP contribution < -0.4 is 4.74 Å². The number of methoxy groups -OCH3 is 1. The highest BCUT2D eigenvalue weighted by atomic mass is 16.5. The first-order valence-electron chi connectivity index (χ1n) is 9.41. The second-order valence-electron chi connectivity index (χ2n) is 7.39. The van der Waals surface area contributed by atoms with Crippen molar-refractivity contribution in [3.63, 3.8) is 0 Å². The molecule has 0 atom stereocenters. The topological polar surface area (TPSA) is 45.9 Å². The van der Waals surface area contributed by atoms with Gasteiger partial charge >= 0.3 is 0 Å². The molecular formula is C21H26N2O3. The first kappa shape index (κ1) is 17.2. The van der Waals surface area contributed by atoms with Crippen LogP contribution in [-0.4, -0.2) is 48.0 Å². The molecule has 2 aliphatic rings. The zero-order valence-corrected chi connectivity index (χ0v) is 15.3. The van der Waals surface area contributed by atoms with Crippen LogP contribution in [0.15, 0.2) is 47.1 Å². The third kappa shape index (κ3) is 3.23. The molecule has 1 aromatic carbocycles. The predicted octanol–water partition coefficient (Wildman–Crippen LogP) is 3.56. The number of benzene rings is 1. The van der Waals surface area contributed by atoms with Gasteiger partial charge < -0.3 is 14.1 Å². The SMILES string of the molecule is COc1ccc(CN2CCC3(CCCN3C(=O)c3ccco3)CC2)cc1. The van der Waals surface area contributed by atoms with E-state index in [1.807, 2.05) is 12.1 Å². The Kier molecular flexibility index (Phi) is 4.72. The van der Waals surface area contributed by atoms with E-state index in [0.717, 1.165) is 57.6 Å². The van der Waals surface area contributed by atoms with Crippen LogP contribution in [-0.2, 0) is 6.54 Å². The van der Waals surface area contributed by atoms with E-state index in [1.165, 1.54) is 5.56 Å². The molecule has 0 unspecified atom stereocenters. The number of carbonyl (C=O) groups is 1. The molecule has 0 saturated carbocycles. The fourth-order valence-corrected chi connectivity index (χ4v) is 4.43. The molecule has 2 saturated heterocycles. The number of carbonyl (C=O) groups excluding carboxylic acids is 1. The van der Waals surface area contributed by atoms with Crippen LogP contribution in [0.2, 0.25) is 0 Å². The van der Waals surface area contributed by atoms with Crippen molar-refractivity contribution in [2.24, 2.45) is 0 Å². The van der Waals surface area contributed by atoms with E-state index in [-0.39, 0.29) is 11.4 Å². The molecule has 2 aliphatic heterocycles. The Bertz CT molecular complexity index is 731. The first-order chi connectivity index (χ1) is 12.7. The van der Waals surface area contributed by atoms with Crippen LogP contribution in [0, 0.1) is 0 Å². The highest BCUT2D eigenvalue weighted by molar-refractivity contribution is 5.92. The molecular weight excluding hydrogens is 328 g/mol. The zero-order valence-electron chi connectivity index (χ0n) is 15.3. The van der Waals surface area contributed by atoms with Gasteiger partial charge in [-0.15, -0.1) is 0 Å². The standard InChI is InChI=1S/C21H26N2O3/c1-25-18-7-5-17(6-8-18)16-22-13-10-21(11-14-22)9-3-12-23(21)20(24)19-4-2-15-26-19/h2,4-8,15H,3,9-14,16H2,1H3. The molecule has 3 heterocycles.